The Balaban J connectivity index is 2.70. The Morgan fingerprint density at radius 2 is 1.95 bits per heavy atom. The highest BCUT2D eigenvalue weighted by Crippen LogP contribution is 2.24. The summed E-state index contributed by atoms with van der Waals surface area (Å²) in [6.07, 6.45) is 4.77. The number of nitrogens with zero attached hydrogens (tertiary/aromatic N) is 1. The molecule has 5 heteroatoms. The Labute approximate surface area is 120 Å². The highest BCUT2D eigenvalue weighted by Gasteiger charge is 2.11. The number of unbranched alkanes of at least 4 members (excludes halogenated alkanes) is 1. The molecule has 0 radical (unpaired) electrons. The first kappa shape index (κ1) is 16.3. The first-order valence-corrected chi connectivity index (χ1v) is 7.31. The second-order valence-corrected chi connectivity index (χ2v) is 5.07. The van der Waals surface area contributed by atoms with Crippen LogP contribution in [0.5, 0.6) is 0 Å². The van der Waals surface area contributed by atoms with Crippen molar-refractivity contribution in [2.45, 2.75) is 39.5 Å². The Morgan fingerprint density at radius 3 is 2.50 bits per heavy atom. The van der Waals surface area contributed by atoms with E-state index in [1.807, 2.05) is 6.07 Å². The molecule has 20 heavy (non-hydrogen) atoms. The summed E-state index contributed by atoms with van der Waals surface area (Å²) in [5, 5.41) is 17.2. The number of nitro groups is 1. The highest BCUT2D eigenvalue weighted by atomic mass is 16.6. The largest absolute Gasteiger partial charge is 0.388 e. The molecule has 112 valence electrons. The zero-order valence-electron chi connectivity index (χ0n) is 12.6. The third-order valence-electron chi connectivity index (χ3n) is 3.56. The van der Waals surface area contributed by atoms with Gasteiger partial charge in [0, 0.05) is 37.1 Å². The molecule has 0 heterocycles. The highest BCUT2D eigenvalue weighted by molar-refractivity contribution is 5.63. The molecule has 0 aliphatic rings. The third kappa shape index (κ3) is 5.07. The SMILES string of the molecule is CCCCC(CC)CNc1cc(NC)cc([N+](=O)[O-])c1. The molecule has 5 nitrogen and oxygen atoms in total. The van der Waals surface area contributed by atoms with E-state index >= 15 is 0 Å². The van der Waals surface area contributed by atoms with Gasteiger partial charge in [-0.3, -0.25) is 10.1 Å². The van der Waals surface area contributed by atoms with Gasteiger partial charge >= 0.3 is 0 Å². The van der Waals surface area contributed by atoms with Crippen molar-refractivity contribution in [1.29, 1.82) is 0 Å². The lowest BCUT2D eigenvalue weighted by atomic mass is 9.99. The molecule has 0 aliphatic carbocycles. The number of benzene rings is 1. The van der Waals surface area contributed by atoms with E-state index in [4.69, 9.17) is 0 Å². The average Bonchev–Trinajstić information content (AvgIpc) is 2.47. The van der Waals surface area contributed by atoms with Crippen LogP contribution >= 0.6 is 0 Å². The lowest BCUT2D eigenvalue weighted by Gasteiger charge is -2.16. The van der Waals surface area contributed by atoms with E-state index in [9.17, 15) is 10.1 Å². The van der Waals surface area contributed by atoms with Crippen LogP contribution in [0.4, 0.5) is 17.1 Å². The number of hydrogen-bond donors (Lipinski definition) is 2. The molecule has 0 aliphatic heterocycles. The summed E-state index contributed by atoms with van der Waals surface area (Å²) in [5.41, 5.74) is 1.67. The third-order valence-corrected chi connectivity index (χ3v) is 3.56. The zero-order valence-corrected chi connectivity index (χ0v) is 12.6. The number of nitrogens with one attached hydrogen (secondary N) is 2. The van der Waals surface area contributed by atoms with E-state index in [1.165, 1.54) is 19.3 Å². The first-order chi connectivity index (χ1) is 9.60. The number of hydrogen-bond acceptors (Lipinski definition) is 4. The minimum absolute atomic E-state index is 0.112. The molecule has 0 spiro atoms. The molecule has 2 N–H and O–H groups in total. The molecular formula is C15H25N3O2. The quantitative estimate of drug-likeness (QED) is 0.523. The summed E-state index contributed by atoms with van der Waals surface area (Å²) in [5.74, 6) is 0.618. The fourth-order valence-electron chi connectivity index (χ4n) is 2.17. The van der Waals surface area contributed by atoms with Crippen LogP contribution in [0.1, 0.15) is 39.5 Å². The Morgan fingerprint density at radius 1 is 1.25 bits per heavy atom. The Bertz CT molecular complexity index is 435. The molecule has 0 aromatic heterocycles. The Kier molecular flexibility index (Phi) is 6.84. The second-order valence-electron chi connectivity index (χ2n) is 5.07. The van der Waals surface area contributed by atoms with Gasteiger partial charge < -0.3 is 10.6 Å². The molecule has 1 atom stereocenters. The maximum absolute atomic E-state index is 10.9. The Hall–Kier alpha value is -1.78. The standard InChI is InChI=1S/C15H25N3O2/c1-4-6-7-12(5-2)11-17-14-8-13(16-3)9-15(10-14)18(19)20/h8-10,12,16-17H,4-7,11H2,1-3H3. The molecular weight excluding hydrogens is 254 g/mol. The lowest BCUT2D eigenvalue weighted by Crippen LogP contribution is -2.14. The smallest absolute Gasteiger partial charge is 0.273 e. The molecule has 0 bridgehead atoms. The van der Waals surface area contributed by atoms with Gasteiger partial charge in [0.15, 0.2) is 0 Å². The van der Waals surface area contributed by atoms with Crippen molar-refractivity contribution in [2.75, 3.05) is 24.2 Å². The lowest BCUT2D eigenvalue weighted by molar-refractivity contribution is -0.384. The van der Waals surface area contributed by atoms with Gasteiger partial charge in [-0.1, -0.05) is 33.1 Å². The van der Waals surface area contributed by atoms with Crippen molar-refractivity contribution in [2.24, 2.45) is 5.92 Å². The summed E-state index contributed by atoms with van der Waals surface area (Å²) < 4.78 is 0. The topological polar surface area (TPSA) is 67.2 Å². The van der Waals surface area contributed by atoms with Gasteiger partial charge in [-0.25, -0.2) is 0 Å². The number of non-ortho nitro benzene ring substituents is 1. The van der Waals surface area contributed by atoms with Gasteiger partial charge in [-0.05, 0) is 18.4 Å². The predicted molar refractivity (Wildman–Crippen MR) is 84.4 cm³/mol. The monoisotopic (exact) mass is 279 g/mol. The zero-order chi connectivity index (χ0) is 15.0. The van der Waals surface area contributed by atoms with E-state index in [-0.39, 0.29) is 10.6 Å². The van der Waals surface area contributed by atoms with E-state index in [1.54, 1.807) is 19.2 Å². The van der Waals surface area contributed by atoms with Gasteiger partial charge in [-0.2, -0.15) is 0 Å². The first-order valence-electron chi connectivity index (χ1n) is 7.31. The second kappa shape index (κ2) is 8.40. The molecule has 1 aromatic rings. The van der Waals surface area contributed by atoms with Crippen molar-refractivity contribution < 1.29 is 4.92 Å². The van der Waals surface area contributed by atoms with Crippen molar-refractivity contribution in [1.82, 2.24) is 0 Å². The number of rotatable bonds is 9. The van der Waals surface area contributed by atoms with Crippen molar-refractivity contribution in [3.63, 3.8) is 0 Å². The maximum Gasteiger partial charge on any atom is 0.273 e. The summed E-state index contributed by atoms with van der Waals surface area (Å²) in [6, 6.07) is 5.03. The average molecular weight is 279 g/mol. The van der Waals surface area contributed by atoms with E-state index in [0.717, 1.165) is 24.3 Å². The summed E-state index contributed by atoms with van der Waals surface area (Å²) in [7, 11) is 1.76. The molecule has 1 aromatic carbocycles. The van der Waals surface area contributed by atoms with Crippen molar-refractivity contribution in [3.05, 3.63) is 28.3 Å². The molecule has 0 fully saturated rings. The molecule has 1 unspecified atom stereocenters. The van der Waals surface area contributed by atoms with Crippen LogP contribution in [0.3, 0.4) is 0 Å². The fourth-order valence-corrected chi connectivity index (χ4v) is 2.17. The molecule has 1 rings (SSSR count). The number of nitro benzene ring substituents is 1. The van der Waals surface area contributed by atoms with Gasteiger partial charge in [0.1, 0.15) is 0 Å². The molecule has 0 saturated heterocycles. The van der Waals surface area contributed by atoms with Crippen molar-refractivity contribution >= 4 is 17.1 Å². The van der Waals surface area contributed by atoms with Crippen LogP contribution < -0.4 is 10.6 Å². The van der Waals surface area contributed by atoms with Crippen LogP contribution in [0.2, 0.25) is 0 Å². The summed E-state index contributed by atoms with van der Waals surface area (Å²) in [6.45, 7) is 5.25. The van der Waals surface area contributed by atoms with Crippen LogP contribution in [0.15, 0.2) is 18.2 Å². The van der Waals surface area contributed by atoms with Gasteiger partial charge in [-0.15, -0.1) is 0 Å². The molecule has 0 saturated carbocycles. The van der Waals surface area contributed by atoms with Crippen LogP contribution in [-0.4, -0.2) is 18.5 Å². The van der Waals surface area contributed by atoms with Crippen LogP contribution in [0, 0.1) is 16.0 Å². The van der Waals surface area contributed by atoms with E-state index in [0.29, 0.717) is 5.92 Å². The van der Waals surface area contributed by atoms with Gasteiger partial charge in [0.2, 0.25) is 0 Å². The normalized spacial score (nSPS) is 11.9. The summed E-state index contributed by atoms with van der Waals surface area (Å²) in [4.78, 5) is 10.5. The maximum atomic E-state index is 10.9. The van der Waals surface area contributed by atoms with Crippen molar-refractivity contribution in [3.8, 4) is 0 Å². The van der Waals surface area contributed by atoms with Crippen LogP contribution in [-0.2, 0) is 0 Å². The fraction of sp³-hybridized carbons (Fsp3) is 0.600. The van der Waals surface area contributed by atoms with E-state index < -0.39 is 0 Å². The minimum atomic E-state index is -0.361. The summed E-state index contributed by atoms with van der Waals surface area (Å²) >= 11 is 0. The van der Waals surface area contributed by atoms with E-state index in [2.05, 4.69) is 24.5 Å². The minimum Gasteiger partial charge on any atom is -0.388 e. The van der Waals surface area contributed by atoms with Crippen LogP contribution in [0.25, 0.3) is 0 Å². The van der Waals surface area contributed by atoms with Gasteiger partial charge in [0.05, 0.1) is 4.92 Å². The van der Waals surface area contributed by atoms with Gasteiger partial charge in [0.25, 0.3) is 5.69 Å². The predicted octanol–water partition coefficient (Wildman–Crippen LogP) is 4.26. The molecule has 0 amide bonds. The number of anilines is 2.